The van der Waals surface area contributed by atoms with E-state index in [0.29, 0.717) is 12.3 Å². The van der Waals surface area contributed by atoms with Gasteiger partial charge in [0.05, 0.1) is 24.0 Å². The van der Waals surface area contributed by atoms with Gasteiger partial charge >= 0.3 is 0 Å². The number of halogens is 1. The van der Waals surface area contributed by atoms with Gasteiger partial charge in [0.25, 0.3) is 0 Å². The number of hydrogen-bond acceptors (Lipinski definition) is 3. The standard InChI is InChI=1S/C17H21ClN2O/c1-4-21-16-7-5-6-15(17(16)19)20(3)12(2)13-8-10-14(18)11-9-13/h5-12H,4,19H2,1-3H3. The van der Waals surface area contributed by atoms with E-state index in [1.165, 1.54) is 5.56 Å². The van der Waals surface area contributed by atoms with Crippen molar-refractivity contribution in [3.8, 4) is 5.75 Å². The van der Waals surface area contributed by atoms with Crippen molar-refractivity contribution in [3.05, 3.63) is 53.1 Å². The van der Waals surface area contributed by atoms with Gasteiger partial charge in [-0.05, 0) is 43.7 Å². The maximum absolute atomic E-state index is 6.22. The quantitative estimate of drug-likeness (QED) is 0.825. The average Bonchev–Trinajstić information content (AvgIpc) is 2.49. The Labute approximate surface area is 131 Å². The summed E-state index contributed by atoms with van der Waals surface area (Å²) in [6.45, 7) is 4.69. The van der Waals surface area contributed by atoms with Crippen LogP contribution in [0.1, 0.15) is 25.5 Å². The van der Waals surface area contributed by atoms with E-state index in [4.69, 9.17) is 22.1 Å². The maximum atomic E-state index is 6.22. The van der Waals surface area contributed by atoms with E-state index in [2.05, 4.69) is 11.8 Å². The van der Waals surface area contributed by atoms with Gasteiger partial charge in [0.15, 0.2) is 0 Å². The van der Waals surface area contributed by atoms with Crippen molar-refractivity contribution in [1.29, 1.82) is 0 Å². The molecule has 3 nitrogen and oxygen atoms in total. The van der Waals surface area contributed by atoms with Crippen LogP contribution in [-0.2, 0) is 0 Å². The van der Waals surface area contributed by atoms with Gasteiger partial charge in [0.2, 0.25) is 0 Å². The minimum absolute atomic E-state index is 0.182. The molecule has 4 heteroatoms. The van der Waals surface area contributed by atoms with Crippen LogP contribution in [0.5, 0.6) is 5.75 Å². The Morgan fingerprint density at radius 3 is 2.48 bits per heavy atom. The molecule has 0 aliphatic carbocycles. The second kappa shape index (κ2) is 6.72. The molecule has 1 unspecified atom stereocenters. The van der Waals surface area contributed by atoms with Crippen LogP contribution in [-0.4, -0.2) is 13.7 Å². The Hall–Kier alpha value is -1.87. The molecule has 0 radical (unpaired) electrons. The summed E-state index contributed by atoms with van der Waals surface area (Å²) in [4.78, 5) is 2.14. The first-order valence-corrected chi connectivity index (χ1v) is 7.42. The molecule has 21 heavy (non-hydrogen) atoms. The van der Waals surface area contributed by atoms with Crippen LogP contribution in [0.3, 0.4) is 0 Å². The van der Waals surface area contributed by atoms with Crippen molar-refractivity contribution in [2.24, 2.45) is 0 Å². The maximum Gasteiger partial charge on any atom is 0.144 e. The molecule has 0 spiro atoms. The molecule has 2 N–H and O–H groups in total. The zero-order valence-corrected chi connectivity index (χ0v) is 13.4. The first-order valence-electron chi connectivity index (χ1n) is 7.04. The third kappa shape index (κ3) is 3.42. The zero-order valence-electron chi connectivity index (χ0n) is 12.6. The molecule has 2 aromatic rings. The van der Waals surface area contributed by atoms with Gasteiger partial charge in [-0.25, -0.2) is 0 Å². The van der Waals surface area contributed by atoms with Crippen LogP contribution in [0.25, 0.3) is 0 Å². The summed E-state index contributed by atoms with van der Waals surface area (Å²) in [6.07, 6.45) is 0. The predicted molar refractivity (Wildman–Crippen MR) is 90.3 cm³/mol. The van der Waals surface area contributed by atoms with Gasteiger partial charge < -0.3 is 15.4 Å². The van der Waals surface area contributed by atoms with Crippen LogP contribution in [0.4, 0.5) is 11.4 Å². The van der Waals surface area contributed by atoms with Crippen molar-refractivity contribution >= 4 is 23.0 Å². The lowest BCUT2D eigenvalue weighted by Gasteiger charge is -2.29. The van der Waals surface area contributed by atoms with Crippen LogP contribution >= 0.6 is 11.6 Å². The molecule has 0 bridgehead atoms. The lowest BCUT2D eigenvalue weighted by atomic mass is 10.1. The number of rotatable bonds is 5. The summed E-state index contributed by atoms with van der Waals surface area (Å²) in [6, 6.07) is 13.9. The van der Waals surface area contributed by atoms with E-state index in [1.807, 2.05) is 56.4 Å². The minimum atomic E-state index is 0.182. The van der Waals surface area contributed by atoms with Gasteiger partial charge in [0.1, 0.15) is 5.75 Å². The average molecular weight is 305 g/mol. The highest BCUT2D eigenvalue weighted by atomic mass is 35.5. The van der Waals surface area contributed by atoms with Gasteiger partial charge in [0, 0.05) is 12.1 Å². The zero-order chi connectivity index (χ0) is 15.4. The summed E-state index contributed by atoms with van der Waals surface area (Å²) in [5.74, 6) is 0.727. The number of nitrogens with zero attached hydrogens (tertiary/aromatic N) is 1. The van der Waals surface area contributed by atoms with Crippen molar-refractivity contribution in [3.63, 3.8) is 0 Å². The van der Waals surface area contributed by atoms with Crippen LogP contribution in [0.15, 0.2) is 42.5 Å². The molecule has 0 saturated heterocycles. The molecule has 1 atom stereocenters. The third-order valence-electron chi connectivity index (χ3n) is 3.66. The number of nitrogens with two attached hydrogens (primary N) is 1. The number of benzene rings is 2. The fourth-order valence-corrected chi connectivity index (χ4v) is 2.42. The normalized spacial score (nSPS) is 12.0. The fourth-order valence-electron chi connectivity index (χ4n) is 2.29. The van der Waals surface area contributed by atoms with Crippen molar-refractivity contribution in [1.82, 2.24) is 0 Å². The molecular formula is C17H21ClN2O. The third-order valence-corrected chi connectivity index (χ3v) is 3.91. The van der Waals surface area contributed by atoms with Gasteiger partial charge in [-0.3, -0.25) is 0 Å². The Morgan fingerprint density at radius 2 is 1.86 bits per heavy atom. The molecule has 0 aliphatic heterocycles. The highest BCUT2D eigenvalue weighted by molar-refractivity contribution is 6.30. The Balaban J connectivity index is 2.28. The molecular weight excluding hydrogens is 284 g/mol. The first kappa shape index (κ1) is 15.5. The largest absolute Gasteiger partial charge is 0.492 e. The van der Waals surface area contributed by atoms with Gasteiger partial charge in [-0.2, -0.15) is 0 Å². The number of para-hydroxylation sites is 1. The molecule has 0 aliphatic rings. The molecule has 2 aromatic carbocycles. The Bertz CT molecular complexity index is 598. The van der Waals surface area contributed by atoms with Crippen LogP contribution in [0, 0.1) is 0 Å². The second-order valence-corrected chi connectivity index (χ2v) is 5.40. The van der Waals surface area contributed by atoms with Gasteiger partial charge in [-0.1, -0.05) is 29.8 Å². The fraction of sp³-hybridized carbons (Fsp3) is 0.294. The molecule has 0 amide bonds. The summed E-state index contributed by atoms with van der Waals surface area (Å²) < 4.78 is 5.56. The SMILES string of the molecule is CCOc1cccc(N(C)C(C)c2ccc(Cl)cc2)c1N. The lowest BCUT2D eigenvalue weighted by Crippen LogP contribution is -2.22. The Morgan fingerprint density at radius 1 is 1.19 bits per heavy atom. The lowest BCUT2D eigenvalue weighted by molar-refractivity contribution is 0.342. The topological polar surface area (TPSA) is 38.5 Å². The summed E-state index contributed by atoms with van der Waals surface area (Å²) >= 11 is 5.94. The molecule has 0 fully saturated rings. The van der Waals surface area contributed by atoms with Gasteiger partial charge in [-0.15, -0.1) is 0 Å². The number of hydrogen-bond donors (Lipinski definition) is 1. The second-order valence-electron chi connectivity index (χ2n) is 4.96. The number of anilines is 2. The van der Waals surface area contributed by atoms with E-state index in [0.717, 1.165) is 16.5 Å². The summed E-state index contributed by atoms with van der Waals surface area (Å²) in [5, 5.41) is 0.742. The number of nitrogen functional groups attached to an aromatic ring is 1. The summed E-state index contributed by atoms with van der Waals surface area (Å²) in [7, 11) is 2.03. The van der Waals surface area contributed by atoms with E-state index in [1.54, 1.807) is 0 Å². The van der Waals surface area contributed by atoms with E-state index in [9.17, 15) is 0 Å². The molecule has 0 heterocycles. The smallest absolute Gasteiger partial charge is 0.144 e. The molecule has 0 saturated carbocycles. The molecule has 0 aromatic heterocycles. The van der Waals surface area contributed by atoms with E-state index in [-0.39, 0.29) is 6.04 Å². The monoisotopic (exact) mass is 304 g/mol. The number of ether oxygens (including phenoxy) is 1. The molecule has 112 valence electrons. The van der Waals surface area contributed by atoms with E-state index < -0.39 is 0 Å². The molecule has 2 rings (SSSR count). The predicted octanol–water partition coefficient (Wildman–Crippen LogP) is 4.52. The summed E-state index contributed by atoms with van der Waals surface area (Å²) in [5.41, 5.74) is 9.04. The Kier molecular flexibility index (Phi) is 4.97. The highest BCUT2D eigenvalue weighted by Crippen LogP contribution is 2.35. The van der Waals surface area contributed by atoms with Crippen molar-refractivity contribution in [2.75, 3.05) is 24.3 Å². The van der Waals surface area contributed by atoms with Crippen molar-refractivity contribution in [2.45, 2.75) is 19.9 Å². The van der Waals surface area contributed by atoms with Crippen LogP contribution in [0.2, 0.25) is 5.02 Å². The minimum Gasteiger partial charge on any atom is -0.492 e. The van der Waals surface area contributed by atoms with Crippen LogP contribution < -0.4 is 15.4 Å². The first-order chi connectivity index (χ1) is 10.0. The van der Waals surface area contributed by atoms with E-state index >= 15 is 0 Å². The highest BCUT2D eigenvalue weighted by Gasteiger charge is 2.16. The van der Waals surface area contributed by atoms with Crippen molar-refractivity contribution < 1.29 is 4.74 Å².